The van der Waals surface area contributed by atoms with E-state index in [4.69, 9.17) is 5.11 Å². The molecule has 2 aromatic rings. The molecule has 2 N–H and O–H groups in total. The Hall–Kier alpha value is -2.40. The largest absolute Gasteiger partial charge is 0.502 e. The summed E-state index contributed by atoms with van der Waals surface area (Å²) in [6, 6.07) is 11.2. The van der Waals surface area contributed by atoms with Crippen LogP contribution in [-0.4, -0.2) is 15.1 Å². The molecule has 92 valence electrons. The van der Waals surface area contributed by atoms with Gasteiger partial charge in [-0.05, 0) is 22.8 Å². The van der Waals surface area contributed by atoms with E-state index >= 15 is 0 Å². The minimum absolute atomic E-state index is 0.0456. The van der Waals surface area contributed by atoms with Gasteiger partial charge in [0.15, 0.2) is 5.75 Å². The molecule has 5 heteroatoms. The van der Waals surface area contributed by atoms with E-state index in [1.54, 1.807) is 30.3 Å². The zero-order valence-corrected chi connectivity index (χ0v) is 9.41. The summed E-state index contributed by atoms with van der Waals surface area (Å²) in [7, 11) is 0. The van der Waals surface area contributed by atoms with E-state index in [9.17, 15) is 15.2 Å². The van der Waals surface area contributed by atoms with Crippen molar-refractivity contribution in [1.29, 1.82) is 0 Å². The van der Waals surface area contributed by atoms with E-state index < -0.39 is 4.92 Å². The second-order valence-corrected chi connectivity index (χ2v) is 3.82. The molecule has 18 heavy (non-hydrogen) atoms. The monoisotopic (exact) mass is 245 g/mol. The molecule has 0 atom stereocenters. The molecule has 0 aromatic heterocycles. The number of nitrogens with zero attached hydrogens (tertiary/aromatic N) is 1. The minimum atomic E-state index is -0.624. The predicted octanol–water partition coefficient (Wildman–Crippen LogP) is 2.46. The smallest absolute Gasteiger partial charge is 0.311 e. The molecule has 0 bridgehead atoms. The molecule has 2 aromatic carbocycles. The number of aliphatic hydroxyl groups is 1. The summed E-state index contributed by atoms with van der Waals surface area (Å²) in [6.07, 6.45) is 0. The number of aromatic hydroxyl groups is 1. The van der Waals surface area contributed by atoms with Crippen molar-refractivity contribution in [3.8, 4) is 16.9 Å². The maximum Gasteiger partial charge on any atom is 0.311 e. The van der Waals surface area contributed by atoms with Crippen molar-refractivity contribution in [1.82, 2.24) is 0 Å². The summed E-state index contributed by atoms with van der Waals surface area (Å²) in [6.45, 7) is -0.0456. The molecule has 0 aliphatic carbocycles. The molecule has 0 heterocycles. The molecule has 0 aliphatic heterocycles. The third-order valence-electron chi connectivity index (χ3n) is 2.64. The zero-order chi connectivity index (χ0) is 13.1. The van der Waals surface area contributed by atoms with E-state index in [2.05, 4.69) is 0 Å². The van der Waals surface area contributed by atoms with Gasteiger partial charge in [-0.3, -0.25) is 10.1 Å². The number of phenolic OH excluding ortho intramolecular Hbond substituents is 1. The molecule has 0 unspecified atom stereocenters. The van der Waals surface area contributed by atoms with Crippen molar-refractivity contribution >= 4 is 5.69 Å². The number of hydrogen-bond donors (Lipinski definition) is 2. The Morgan fingerprint density at radius 2 is 1.67 bits per heavy atom. The van der Waals surface area contributed by atoms with Gasteiger partial charge in [-0.15, -0.1) is 0 Å². The predicted molar refractivity (Wildman–Crippen MR) is 66.1 cm³/mol. The van der Waals surface area contributed by atoms with Gasteiger partial charge in [0.2, 0.25) is 0 Å². The topological polar surface area (TPSA) is 83.6 Å². The Kier molecular flexibility index (Phi) is 3.25. The fourth-order valence-corrected chi connectivity index (χ4v) is 1.65. The molecule has 5 nitrogen and oxygen atoms in total. The van der Waals surface area contributed by atoms with E-state index in [1.807, 2.05) is 0 Å². The van der Waals surface area contributed by atoms with Crippen LogP contribution in [0.15, 0.2) is 42.5 Å². The molecule has 0 radical (unpaired) electrons. The summed E-state index contributed by atoms with van der Waals surface area (Å²) >= 11 is 0. The lowest BCUT2D eigenvalue weighted by molar-refractivity contribution is -0.385. The number of rotatable bonds is 3. The first-order valence-electron chi connectivity index (χ1n) is 5.29. The summed E-state index contributed by atoms with van der Waals surface area (Å²) < 4.78 is 0. The highest BCUT2D eigenvalue weighted by atomic mass is 16.6. The van der Waals surface area contributed by atoms with Gasteiger partial charge in [0.05, 0.1) is 11.5 Å². The van der Waals surface area contributed by atoms with Gasteiger partial charge < -0.3 is 10.2 Å². The van der Waals surface area contributed by atoms with Crippen LogP contribution in [0.4, 0.5) is 5.69 Å². The van der Waals surface area contributed by atoms with Gasteiger partial charge >= 0.3 is 5.69 Å². The quantitative estimate of drug-likeness (QED) is 0.642. The molecular formula is C13H11NO4. The zero-order valence-electron chi connectivity index (χ0n) is 9.41. The number of phenols is 1. The van der Waals surface area contributed by atoms with E-state index in [0.29, 0.717) is 5.56 Å². The lowest BCUT2D eigenvalue weighted by Crippen LogP contribution is -1.89. The number of nitro benzene ring substituents is 1. The van der Waals surface area contributed by atoms with Gasteiger partial charge in [0, 0.05) is 6.07 Å². The first kappa shape index (κ1) is 12.1. The number of benzene rings is 2. The number of hydrogen-bond acceptors (Lipinski definition) is 4. The van der Waals surface area contributed by atoms with Crippen molar-refractivity contribution in [2.45, 2.75) is 6.61 Å². The highest BCUT2D eigenvalue weighted by molar-refractivity contribution is 5.68. The number of nitro groups is 1. The van der Waals surface area contributed by atoms with Crippen molar-refractivity contribution in [2.24, 2.45) is 0 Å². The standard InChI is InChI=1S/C13H11NO4/c15-8-9-1-3-10(4-2-9)11-5-6-13(16)12(7-11)14(17)18/h1-7,15-16H,8H2. The van der Waals surface area contributed by atoms with Gasteiger partial charge in [0.25, 0.3) is 0 Å². The van der Waals surface area contributed by atoms with Crippen LogP contribution in [0.2, 0.25) is 0 Å². The third kappa shape index (κ3) is 2.31. The van der Waals surface area contributed by atoms with Crippen LogP contribution in [0.25, 0.3) is 11.1 Å². The first-order valence-corrected chi connectivity index (χ1v) is 5.29. The average molecular weight is 245 g/mol. The molecule has 0 saturated heterocycles. The Balaban J connectivity index is 2.44. The fraction of sp³-hybridized carbons (Fsp3) is 0.0769. The molecule has 0 aliphatic rings. The lowest BCUT2D eigenvalue weighted by Gasteiger charge is -2.04. The van der Waals surface area contributed by atoms with Crippen molar-refractivity contribution in [3.63, 3.8) is 0 Å². The van der Waals surface area contributed by atoms with Gasteiger partial charge in [0.1, 0.15) is 0 Å². The van der Waals surface area contributed by atoms with Crippen LogP contribution >= 0.6 is 0 Å². The Morgan fingerprint density at radius 1 is 1.06 bits per heavy atom. The molecular weight excluding hydrogens is 234 g/mol. The Labute approximate surface area is 103 Å². The van der Waals surface area contributed by atoms with Crippen molar-refractivity contribution in [2.75, 3.05) is 0 Å². The summed E-state index contributed by atoms with van der Waals surface area (Å²) in [5.74, 6) is -0.351. The molecule has 2 rings (SSSR count). The third-order valence-corrected chi connectivity index (χ3v) is 2.64. The molecule has 0 saturated carbocycles. The van der Waals surface area contributed by atoms with Crippen LogP contribution in [0.3, 0.4) is 0 Å². The normalized spacial score (nSPS) is 10.3. The van der Waals surface area contributed by atoms with Gasteiger partial charge in [-0.25, -0.2) is 0 Å². The molecule has 0 amide bonds. The first-order chi connectivity index (χ1) is 8.61. The van der Waals surface area contributed by atoms with Crippen LogP contribution in [-0.2, 0) is 6.61 Å². The molecule has 0 spiro atoms. The SMILES string of the molecule is O=[N+]([O-])c1cc(-c2ccc(CO)cc2)ccc1O. The summed E-state index contributed by atoms with van der Waals surface area (Å²) in [4.78, 5) is 10.1. The highest BCUT2D eigenvalue weighted by Gasteiger charge is 2.14. The van der Waals surface area contributed by atoms with Crippen molar-refractivity contribution in [3.05, 3.63) is 58.1 Å². The van der Waals surface area contributed by atoms with Crippen LogP contribution < -0.4 is 0 Å². The lowest BCUT2D eigenvalue weighted by atomic mass is 10.0. The highest BCUT2D eigenvalue weighted by Crippen LogP contribution is 2.31. The maximum atomic E-state index is 10.7. The molecule has 0 fully saturated rings. The van der Waals surface area contributed by atoms with Crippen LogP contribution in [0.5, 0.6) is 5.75 Å². The fourth-order valence-electron chi connectivity index (χ4n) is 1.65. The minimum Gasteiger partial charge on any atom is -0.502 e. The van der Waals surface area contributed by atoms with Crippen LogP contribution in [0.1, 0.15) is 5.56 Å². The Morgan fingerprint density at radius 3 is 2.22 bits per heavy atom. The van der Waals surface area contributed by atoms with Gasteiger partial charge in [-0.2, -0.15) is 0 Å². The van der Waals surface area contributed by atoms with E-state index in [0.717, 1.165) is 11.1 Å². The second kappa shape index (κ2) is 4.85. The van der Waals surface area contributed by atoms with E-state index in [1.165, 1.54) is 12.1 Å². The Bertz CT molecular complexity index is 578. The summed E-state index contributed by atoms with van der Waals surface area (Å²) in [5, 5.41) is 29.0. The maximum absolute atomic E-state index is 10.7. The van der Waals surface area contributed by atoms with Crippen molar-refractivity contribution < 1.29 is 15.1 Å². The number of aliphatic hydroxyl groups excluding tert-OH is 1. The van der Waals surface area contributed by atoms with Gasteiger partial charge in [-0.1, -0.05) is 30.3 Å². The summed E-state index contributed by atoms with van der Waals surface area (Å²) in [5.41, 5.74) is 1.88. The van der Waals surface area contributed by atoms with Crippen LogP contribution in [0, 0.1) is 10.1 Å². The second-order valence-electron chi connectivity index (χ2n) is 3.82. The van der Waals surface area contributed by atoms with E-state index in [-0.39, 0.29) is 18.0 Å². The average Bonchev–Trinajstić information content (AvgIpc) is 2.39.